The Balaban J connectivity index is 2.34. The van der Waals surface area contributed by atoms with Crippen molar-refractivity contribution in [2.75, 3.05) is 30.8 Å². The lowest BCUT2D eigenvalue weighted by molar-refractivity contribution is -0.121. The molecule has 6 heteroatoms. The van der Waals surface area contributed by atoms with Gasteiger partial charge in [-0.3, -0.25) is 4.79 Å². The van der Waals surface area contributed by atoms with Gasteiger partial charge >= 0.3 is 5.97 Å². The fourth-order valence-electron chi connectivity index (χ4n) is 2.68. The summed E-state index contributed by atoms with van der Waals surface area (Å²) in [5, 5.41) is 2.67. The highest BCUT2D eigenvalue weighted by Crippen LogP contribution is 2.32. The van der Waals surface area contributed by atoms with Crippen LogP contribution in [0.4, 0.5) is 11.4 Å². The van der Waals surface area contributed by atoms with Crippen molar-refractivity contribution in [2.45, 2.75) is 25.8 Å². The first kappa shape index (κ1) is 15.2. The van der Waals surface area contributed by atoms with E-state index in [0.717, 1.165) is 19.4 Å². The lowest BCUT2D eigenvalue weighted by atomic mass is 10.1. The van der Waals surface area contributed by atoms with E-state index >= 15 is 0 Å². The van der Waals surface area contributed by atoms with Crippen molar-refractivity contribution in [3.05, 3.63) is 23.8 Å². The summed E-state index contributed by atoms with van der Waals surface area (Å²) in [4.78, 5) is 25.8. The molecule has 0 aliphatic carbocycles. The van der Waals surface area contributed by atoms with Crippen LogP contribution in [-0.2, 0) is 9.53 Å². The molecule has 0 spiro atoms. The molecule has 1 aliphatic heterocycles. The van der Waals surface area contributed by atoms with E-state index in [9.17, 15) is 9.59 Å². The van der Waals surface area contributed by atoms with E-state index in [-0.39, 0.29) is 11.9 Å². The molecule has 6 nitrogen and oxygen atoms in total. The molecule has 1 saturated heterocycles. The van der Waals surface area contributed by atoms with Crippen LogP contribution >= 0.6 is 0 Å². The Morgan fingerprint density at radius 3 is 2.90 bits per heavy atom. The topological polar surface area (TPSA) is 84.7 Å². The zero-order valence-corrected chi connectivity index (χ0v) is 12.4. The maximum absolute atomic E-state index is 11.9. The third-order valence-electron chi connectivity index (χ3n) is 3.69. The molecule has 1 unspecified atom stereocenters. The van der Waals surface area contributed by atoms with Crippen LogP contribution in [0.1, 0.15) is 30.1 Å². The number of carbonyl (C=O) groups excluding carboxylic acids is 2. The molecule has 0 saturated carbocycles. The van der Waals surface area contributed by atoms with Crippen molar-refractivity contribution in [1.29, 1.82) is 0 Å². The van der Waals surface area contributed by atoms with E-state index in [1.54, 1.807) is 26.1 Å². The van der Waals surface area contributed by atoms with Crippen molar-refractivity contribution in [3.63, 3.8) is 0 Å². The maximum atomic E-state index is 11.9. The van der Waals surface area contributed by atoms with Crippen LogP contribution in [0.25, 0.3) is 0 Å². The first-order valence-corrected chi connectivity index (χ1v) is 7.14. The van der Waals surface area contributed by atoms with E-state index in [2.05, 4.69) is 5.32 Å². The van der Waals surface area contributed by atoms with Crippen molar-refractivity contribution < 1.29 is 14.3 Å². The van der Waals surface area contributed by atoms with Gasteiger partial charge < -0.3 is 20.7 Å². The highest BCUT2D eigenvalue weighted by molar-refractivity contribution is 5.99. The third-order valence-corrected chi connectivity index (χ3v) is 3.69. The lowest BCUT2D eigenvalue weighted by Crippen LogP contribution is -2.42. The molecule has 0 aromatic heterocycles. The fourth-order valence-corrected chi connectivity index (χ4v) is 2.68. The van der Waals surface area contributed by atoms with Crippen LogP contribution in [-0.4, -0.2) is 38.1 Å². The van der Waals surface area contributed by atoms with Gasteiger partial charge in [0.2, 0.25) is 5.91 Å². The molecule has 1 heterocycles. The van der Waals surface area contributed by atoms with Crippen LogP contribution in [0.15, 0.2) is 18.2 Å². The van der Waals surface area contributed by atoms with Crippen LogP contribution < -0.4 is 16.0 Å². The predicted molar refractivity (Wildman–Crippen MR) is 81.2 cm³/mol. The summed E-state index contributed by atoms with van der Waals surface area (Å²) >= 11 is 0. The minimum atomic E-state index is -0.437. The van der Waals surface area contributed by atoms with E-state index in [1.165, 1.54) is 0 Å². The first-order chi connectivity index (χ1) is 10.1. The summed E-state index contributed by atoms with van der Waals surface area (Å²) < 4.78 is 5.01. The number of nitrogens with two attached hydrogens (primary N) is 1. The van der Waals surface area contributed by atoms with Gasteiger partial charge in [-0.05, 0) is 31.9 Å². The van der Waals surface area contributed by atoms with Gasteiger partial charge in [0.05, 0.1) is 23.5 Å². The average Bonchev–Trinajstić information content (AvgIpc) is 2.96. The minimum Gasteiger partial charge on any atom is -0.462 e. The van der Waals surface area contributed by atoms with Crippen LogP contribution in [0, 0.1) is 0 Å². The molecular weight excluding hydrogens is 270 g/mol. The summed E-state index contributed by atoms with van der Waals surface area (Å²) in [6.45, 7) is 2.79. The second-order valence-electron chi connectivity index (χ2n) is 4.92. The first-order valence-electron chi connectivity index (χ1n) is 7.14. The Bertz CT molecular complexity index is 545. The third kappa shape index (κ3) is 2.94. The Kier molecular flexibility index (Phi) is 4.67. The number of nitrogens with zero attached hydrogens (tertiary/aromatic N) is 1. The zero-order chi connectivity index (χ0) is 15.4. The Hall–Kier alpha value is -2.24. The predicted octanol–water partition coefficient (Wildman–Crippen LogP) is 1.16. The minimum absolute atomic E-state index is 0.0339. The molecule has 1 aliphatic rings. The van der Waals surface area contributed by atoms with Crippen molar-refractivity contribution in [1.82, 2.24) is 5.32 Å². The van der Waals surface area contributed by atoms with Crippen LogP contribution in [0.2, 0.25) is 0 Å². The summed E-state index contributed by atoms with van der Waals surface area (Å²) in [5.41, 5.74) is 7.55. The molecular formula is C15H21N3O3. The van der Waals surface area contributed by atoms with Gasteiger partial charge in [-0.1, -0.05) is 6.07 Å². The van der Waals surface area contributed by atoms with Gasteiger partial charge in [-0.25, -0.2) is 4.79 Å². The van der Waals surface area contributed by atoms with Gasteiger partial charge in [0.15, 0.2) is 0 Å². The lowest BCUT2D eigenvalue weighted by Gasteiger charge is -2.27. The number of carbonyl (C=O) groups is 2. The van der Waals surface area contributed by atoms with Crippen molar-refractivity contribution in [2.24, 2.45) is 0 Å². The number of anilines is 2. The van der Waals surface area contributed by atoms with Crippen molar-refractivity contribution >= 4 is 23.3 Å². The smallest absolute Gasteiger partial charge is 0.340 e. The molecule has 21 heavy (non-hydrogen) atoms. The Labute approximate surface area is 124 Å². The number of nitrogens with one attached hydrogen (secondary N) is 1. The maximum Gasteiger partial charge on any atom is 0.340 e. The van der Waals surface area contributed by atoms with E-state index in [1.807, 2.05) is 11.0 Å². The average molecular weight is 291 g/mol. The summed E-state index contributed by atoms with van der Waals surface area (Å²) in [6, 6.07) is 4.99. The number of hydrogen-bond donors (Lipinski definition) is 2. The second-order valence-corrected chi connectivity index (χ2v) is 4.92. The molecule has 114 valence electrons. The number of nitrogen functional groups attached to an aromatic ring is 1. The Morgan fingerprint density at radius 2 is 2.24 bits per heavy atom. The van der Waals surface area contributed by atoms with Gasteiger partial charge in [-0.2, -0.15) is 0 Å². The van der Waals surface area contributed by atoms with Gasteiger partial charge in [0.1, 0.15) is 6.04 Å². The molecule has 0 bridgehead atoms. The summed E-state index contributed by atoms with van der Waals surface area (Å²) in [7, 11) is 1.62. The number of benzene rings is 1. The van der Waals surface area contributed by atoms with Gasteiger partial charge in [0, 0.05) is 13.6 Å². The molecule has 1 amide bonds. The zero-order valence-electron chi connectivity index (χ0n) is 12.4. The SMILES string of the molecule is CCOC(=O)c1cccc(N2CCCC2C(=O)NC)c1N. The highest BCUT2D eigenvalue weighted by atomic mass is 16.5. The number of amides is 1. The number of para-hydroxylation sites is 1. The molecule has 1 atom stereocenters. The second kappa shape index (κ2) is 6.47. The largest absolute Gasteiger partial charge is 0.462 e. The van der Waals surface area contributed by atoms with Crippen LogP contribution in [0.5, 0.6) is 0 Å². The molecule has 1 fully saturated rings. The van der Waals surface area contributed by atoms with E-state index in [0.29, 0.717) is 23.5 Å². The Morgan fingerprint density at radius 1 is 1.48 bits per heavy atom. The molecule has 0 radical (unpaired) electrons. The normalized spacial score (nSPS) is 17.6. The fraction of sp³-hybridized carbons (Fsp3) is 0.467. The highest BCUT2D eigenvalue weighted by Gasteiger charge is 2.32. The van der Waals surface area contributed by atoms with Gasteiger partial charge in [-0.15, -0.1) is 0 Å². The molecule has 3 N–H and O–H groups in total. The monoisotopic (exact) mass is 291 g/mol. The van der Waals surface area contributed by atoms with E-state index in [4.69, 9.17) is 10.5 Å². The number of ether oxygens (including phenoxy) is 1. The van der Waals surface area contributed by atoms with E-state index < -0.39 is 5.97 Å². The number of hydrogen-bond acceptors (Lipinski definition) is 5. The molecule has 2 rings (SSSR count). The van der Waals surface area contributed by atoms with Crippen molar-refractivity contribution in [3.8, 4) is 0 Å². The van der Waals surface area contributed by atoms with Crippen LogP contribution in [0.3, 0.4) is 0 Å². The summed E-state index contributed by atoms with van der Waals surface area (Å²) in [5.74, 6) is -0.471. The standard InChI is InChI=1S/C15H21N3O3/c1-3-21-15(20)10-6-4-7-11(13(10)16)18-9-5-8-12(18)14(19)17-2/h4,6-7,12H,3,5,8-9,16H2,1-2H3,(H,17,19). The number of rotatable bonds is 4. The number of esters is 1. The van der Waals surface area contributed by atoms with Gasteiger partial charge in [0.25, 0.3) is 0 Å². The quantitative estimate of drug-likeness (QED) is 0.642. The summed E-state index contributed by atoms with van der Waals surface area (Å²) in [6.07, 6.45) is 1.70. The molecule has 1 aromatic carbocycles. The molecule has 1 aromatic rings. The number of likely N-dealkylation sites (N-methyl/N-ethyl adjacent to an activating group) is 1.